The maximum Gasteiger partial charge on any atom is 0.127 e. The molecule has 2 heteroatoms. The fourth-order valence-corrected chi connectivity index (χ4v) is 1.98. The Balaban J connectivity index is 2.69. The first-order chi connectivity index (χ1) is 9.06. The van der Waals surface area contributed by atoms with Crippen molar-refractivity contribution in [3.63, 3.8) is 0 Å². The number of aliphatic hydroxyl groups is 1. The molecule has 1 aromatic carbocycles. The summed E-state index contributed by atoms with van der Waals surface area (Å²) in [6.07, 6.45) is 1.62. The summed E-state index contributed by atoms with van der Waals surface area (Å²) in [6.45, 7) is 6.17. The molecule has 104 valence electrons. The molecule has 0 amide bonds. The lowest BCUT2D eigenvalue weighted by atomic mass is 9.97. The third-order valence-corrected chi connectivity index (χ3v) is 3.61. The average molecular weight is 260 g/mol. The van der Waals surface area contributed by atoms with Crippen LogP contribution in [0.5, 0.6) is 0 Å². The quantitative estimate of drug-likeness (QED) is 0.819. The van der Waals surface area contributed by atoms with Gasteiger partial charge in [-0.3, -0.25) is 0 Å². The topological polar surface area (TPSA) is 29.5 Å². The lowest BCUT2D eigenvalue weighted by molar-refractivity contribution is 0.0344. The van der Waals surface area contributed by atoms with E-state index in [4.69, 9.17) is 4.74 Å². The van der Waals surface area contributed by atoms with E-state index >= 15 is 0 Å². The SMILES string of the molecule is CCC(C#CCC(O)c1ccc(C)cc1)(CC)OC. The third kappa shape index (κ3) is 4.38. The largest absolute Gasteiger partial charge is 0.387 e. The van der Waals surface area contributed by atoms with Gasteiger partial charge in [0.05, 0.1) is 6.10 Å². The molecule has 0 radical (unpaired) electrons. The van der Waals surface area contributed by atoms with Gasteiger partial charge in [0.15, 0.2) is 0 Å². The van der Waals surface area contributed by atoms with Crippen LogP contribution < -0.4 is 0 Å². The Hall–Kier alpha value is -1.30. The molecule has 1 N–H and O–H groups in total. The van der Waals surface area contributed by atoms with Crippen LogP contribution in [0.2, 0.25) is 0 Å². The average Bonchev–Trinajstić information content (AvgIpc) is 2.45. The van der Waals surface area contributed by atoms with Gasteiger partial charge >= 0.3 is 0 Å². The van der Waals surface area contributed by atoms with Gasteiger partial charge in [-0.05, 0) is 25.3 Å². The lowest BCUT2D eigenvalue weighted by Gasteiger charge is -2.23. The van der Waals surface area contributed by atoms with E-state index in [-0.39, 0.29) is 5.60 Å². The van der Waals surface area contributed by atoms with E-state index in [1.54, 1.807) is 7.11 Å². The van der Waals surface area contributed by atoms with Crippen molar-refractivity contribution >= 4 is 0 Å². The van der Waals surface area contributed by atoms with E-state index in [1.807, 2.05) is 31.2 Å². The summed E-state index contributed by atoms with van der Waals surface area (Å²) in [5.74, 6) is 6.23. The van der Waals surface area contributed by atoms with Crippen molar-refractivity contribution in [2.45, 2.75) is 51.7 Å². The van der Waals surface area contributed by atoms with Crippen LogP contribution in [0.1, 0.15) is 50.3 Å². The Morgan fingerprint density at radius 1 is 1.21 bits per heavy atom. The first kappa shape index (κ1) is 15.8. The molecule has 0 bridgehead atoms. The normalized spacial score (nSPS) is 12.7. The number of ether oxygens (including phenoxy) is 1. The van der Waals surface area contributed by atoms with Crippen molar-refractivity contribution in [3.8, 4) is 11.8 Å². The zero-order chi connectivity index (χ0) is 14.3. The molecule has 0 aliphatic heterocycles. The van der Waals surface area contributed by atoms with Gasteiger partial charge in [0, 0.05) is 13.5 Å². The first-order valence-electron chi connectivity index (χ1n) is 6.86. The van der Waals surface area contributed by atoms with Crippen molar-refractivity contribution < 1.29 is 9.84 Å². The molecular weight excluding hydrogens is 236 g/mol. The fourth-order valence-electron chi connectivity index (χ4n) is 1.98. The van der Waals surface area contributed by atoms with Crippen LogP contribution in [0.15, 0.2) is 24.3 Å². The molecule has 0 saturated carbocycles. The molecule has 0 saturated heterocycles. The van der Waals surface area contributed by atoms with Crippen molar-refractivity contribution in [2.75, 3.05) is 7.11 Å². The molecule has 1 aromatic rings. The van der Waals surface area contributed by atoms with E-state index < -0.39 is 6.10 Å². The summed E-state index contributed by atoms with van der Waals surface area (Å²) in [7, 11) is 1.69. The number of hydrogen-bond acceptors (Lipinski definition) is 2. The number of rotatable bonds is 5. The highest BCUT2D eigenvalue weighted by atomic mass is 16.5. The predicted octanol–water partition coefficient (Wildman–Crippen LogP) is 3.63. The molecule has 0 aromatic heterocycles. The van der Waals surface area contributed by atoms with Gasteiger partial charge in [0.2, 0.25) is 0 Å². The van der Waals surface area contributed by atoms with Crippen LogP contribution >= 0.6 is 0 Å². The highest BCUT2D eigenvalue weighted by Gasteiger charge is 2.21. The van der Waals surface area contributed by atoms with E-state index in [9.17, 15) is 5.11 Å². The summed E-state index contributed by atoms with van der Waals surface area (Å²) >= 11 is 0. The van der Waals surface area contributed by atoms with Gasteiger partial charge in [0.25, 0.3) is 0 Å². The van der Waals surface area contributed by atoms with Gasteiger partial charge in [0.1, 0.15) is 5.60 Å². The smallest absolute Gasteiger partial charge is 0.127 e. The van der Waals surface area contributed by atoms with E-state index in [0.717, 1.165) is 18.4 Å². The highest BCUT2D eigenvalue weighted by Crippen LogP contribution is 2.20. The molecule has 0 spiro atoms. The van der Waals surface area contributed by atoms with Gasteiger partial charge in [-0.15, -0.1) is 0 Å². The Morgan fingerprint density at radius 2 is 1.79 bits per heavy atom. The van der Waals surface area contributed by atoms with Crippen molar-refractivity contribution in [2.24, 2.45) is 0 Å². The van der Waals surface area contributed by atoms with Crippen LogP contribution in [-0.4, -0.2) is 17.8 Å². The maximum atomic E-state index is 10.1. The molecule has 0 heterocycles. The number of aryl methyl sites for hydroxylation is 1. The second-order valence-electron chi connectivity index (χ2n) is 4.84. The van der Waals surface area contributed by atoms with Gasteiger partial charge in [-0.25, -0.2) is 0 Å². The number of methoxy groups -OCH3 is 1. The molecular formula is C17H24O2. The molecule has 0 aliphatic carbocycles. The second-order valence-corrected chi connectivity index (χ2v) is 4.84. The summed E-state index contributed by atoms with van der Waals surface area (Å²) in [6, 6.07) is 7.91. The minimum atomic E-state index is -0.531. The van der Waals surface area contributed by atoms with Crippen LogP contribution in [0.4, 0.5) is 0 Å². The molecule has 0 fully saturated rings. The third-order valence-electron chi connectivity index (χ3n) is 3.61. The van der Waals surface area contributed by atoms with Crippen LogP contribution in [0.25, 0.3) is 0 Å². The Labute approximate surface area is 116 Å². The molecule has 1 atom stereocenters. The summed E-state index contributed by atoms with van der Waals surface area (Å²) in [5, 5.41) is 10.1. The van der Waals surface area contributed by atoms with Crippen molar-refractivity contribution in [1.82, 2.24) is 0 Å². The van der Waals surface area contributed by atoms with Crippen LogP contribution in [-0.2, 0) is 4.74 Å². The minimum Gasteiger partial charge on any atom is -0.387 e. The van der Waals surface area contributed by atoms with Crippen LogP contribution in [0.3, 0.4) is 0 Å². The molecule has 1 unspecified atom stereocenters. The molecule has 2 nitrogen and oxygen atoms in total. The first-order valence-corrected chi connectivity index (χ1v) is 6.86. The predicted molar refractivity (Wildman–Crippen MR) is 78.9 cm³/mol. The Kier molecular flexibility index (Phi) is 6.08. The molecule has 19 heavy (non-hydrogen) atoms. The van der Waals surface area contributed by atoms with Crippen molar-refractivity contribution in [3.05, 3.63) is 35.4 Å². The summed E-state index contributed by atoms with van der Waals surface area (Å²) in [5.41, 5.74) is 1.74. The van der Waals surface area contributed by atoms with Gasteiger partial charge < -0.3 is 9.84 Å². The van der Waals surface area contributed by atoms with E-state index in [1.165, 1.54) is 5.56 Å². The van der Waals surface area contributed by atoms with Crippen molar-refractivity contribution in [1.29, 1.82) is 0 Å². The fraction of sp³-hybridized carbons (Fsp3) is 0.529. The molecule has 0 aliphatic rings. The number of benzene rings is 1. The highest BCUT2D eigenvalue weighted by molar-refractivity contribution is 5.24. The van der Waals surface area contributed by atoms with Gasteiger partial charge in [-0.1, -0.05) is 55.5 Å². The van der Waals surface area contributed by atoms with Crippen LogP contribution in [0, 0.1) is 18.8 Å². The maximum absolute atomic E-state index is 10.1. The second kappa shape index (κ2) is 7.33. The Morgan fingerprint density at radius 3 is 2.26 bits per heavy atom. The number of aliphatic hydroxyl groups excluding tert-OH is 1. The van der Waals surface area contributed by atoms with E-state index in [0.29, 0.717) is 6.42 Å². The molecule has 1 rings (SSSR count). The zero-order valence-corrected chi connectivity index (χ0v) is 12.4. The monoisotopic (exact) mass is 260 g/mol. The zero-order valence-electron chi connectivity index (χ0n) is 12.4. The number of hydrogen-bond donors (Lipinski definition) is 1. The summed E-state index contributed by atoms with van der Waals surface area (Å²) in [4.78, 5) is 0. The minimum absolute atomic E-state index is 0.368. The van der Waals surface area contributed by atoms with Gasteiger partial charge in [-0.2, -0.15) is 0 Å². The summed E-state index contributed by atoms with van der Waals surface area (Å²) < 4.78 is 5.48. The standard InChI is InChI=1S/C17H24O2/c1-5-17(6-2,19-4)13-7-8-16(18)15-11-9-14(3)10-12-15/h9-12,16,18H,5-6,8H2,1-4H3. The lowest BCUT2D eigenvalue weighted by Crippen LogP contribution is -2.27. The van der Waals surface area contributed by atoms with E-state index in [2.05, 4.69) is 25.7 Å². The Bertz CT molecular complexity index is 424.